The van der Waals surface area contributed by atoms with Crippen LogP contribution in [0.3, 0.4) is 0 Å². The van der Waals surface area contributed by atoms with Crippen LogP contribution >= 0.6 is 23.2 Å². The number of aromatic nitrogens is 2. The summed E-state index contributed by atoms with van der Waals surface area (Å²) in [5.74, 6) is -1.47. The molecule has 0 aliphatic heterocycles. The van der Waals surface area contributed by atoms with Crippen LogP contribution in [0.15, 0.2) is 53.8 Å². The Hall–Kier alpha value is -2.69. The number of amides is 1. The van der Waals surface area contributed by atoms with Crippen molar-refractivity contribution in [1.29, 1.82) is 0 Å². The van der Waals surface area contributed by atoms with Gasteiger partial charge in [0.05, 0.1) is 33.2 Å². The van der Waals surface area contributed by atoms with Crippen LogP contribution in [-0.4, -0.2) is 24.3 Å². The second-order valence-electron chi connectivity index (χ2n) is 6.74. The zero-order valence-electron chi connectivity index (χ0n) is 16.2. The first kappa shape index (κ1) is 24.0. The molecule has 1 aromatic heterocycles. The summed E-state index contributed by atoms with van der Waals surface area (Å²) in [4.78, 5) is 20.1. The fraction of sp³-hybridized carbons (Fsp3) is 0.150. The Bertz CT molecular complexity index is 1300. The van der Waals surface area contributed by atoms with Gasteiger partial charge in [-0.25, -0.2) is 18.4 Å². The Morgan fingerprint density at radius 2 is 1.81 bits per heavy atom. The number of nitrogens with one attached hydrogen (secondary N) is 1. The van der Waals surface area contributed by atoms with Crippen LogP contribution in [0.1, 0.15) is 27.2 Å². The molecular formula is C20H14Cl2F3N3O3S. The van der Waals surface area contributed by atoms with Crippen LogP contribution in [0.2, 0.25) is 10.0 Å². The van der Waals surface area contributed by atoms with E-state index < -0.39 is 44.1 Å². The van der Waals surface area contributed by atoms with E-state index in [1.165, 1.54) is 0 Å². The number of nitrogens with zero attached hydrogens (tertiary/aromatic N) is 2. The highest BCUT2D eigenvalue weighted by molar-refractivity contribution is 7.90. The second-order valence-corrected chi connectivity index (χ2v) is 9.44. The predicted octanol–water partition coefficient (Wildman–Crippen LogP) is 5.34. The molecule has 32 heavy (non-hydrogen) atoms. The number of aryl methyl sites for hydroxylation is 1. The first-order valence-corrected chi connectivity index (χ1v) is 11.3. The molecule has 3 aromatic rings. The summed E-state index contributed by atoms with van der Waals surface area (Å²) < 4.78 is 64.3. The van der Waals surface area contributed by atoms with E-state index in [4.69, 9.17) is 23.2 Å². The van der Waals surface area contributed by atoms with E-state index in [1.807, 2.05) is 0 Å². The third-order valence-electron chi connectivity index (χ3n) is 4.20. The van der Waals surface area contributed by atoms with Crippen LogP contribution in [0.4, 0.5) is 18.9 Å². The number of anilines is 1. The van der Waals surface area contributed by atoms with Crippen molar-refractivity contribution in [3.05, 3.63) is 81.1 Å². The van der Waals surface area contributed by atoms with E-state index in [-0.39, 0.29) is 15.7 Å². The molecule has 0 unspecified atom stereocenters. The number of benzene rings is 2. The Morgan fingerprint density at radius 1 is 1.09 bits per heavy atom. The maximum Gasteiger partial charge on any atom is 0.416 e. The van der Waals surface area contributed by atoms with Gasteiger partial charge in [-0.2, -0.15) is 13.2 Å². The maximum atomic E-state index is 12.9. The average molecular weight is 504 g/mol. The highest BCUT2D eigenvalue weighted by Gasteiger charge is 2.31. The zero-order valence-corrected chi connectivity index (χ0v) is 18.6. The lowest BCUT2D eigenvalue weighted by atomic mass is 10.2. The third-order valence-corrected chi connectivity index (χ3v) is 6.27. The number of sulfone groups is 1. The topological polar surface area (TPSA) is 89.0 Å². The van der Waals surface area contributed by atoms with E-state index >= 15 is 0 Å². The van der Waals surface area contributed by atoms with Crippen molar-refractivity contribution in [2.45, 2.75) is 24.0 Å². The molecule has 1 amide bonds. The maximum absolute atomic E-state index is 12.9. The Labute approximate surface area is 191 Å². The van der Waals surface area contributed by atoms with Crippen LogP contribution < -0.4 is 5.32 Å². The van der Waals surface area contributed by atoms with Crippen LogP contribution in [0.25, 0.3) is 0 Å². The molecule has 0 fully saturated rings. The smallest absolute Gasteiger partial charge is 0.319 e. The lowest BCUT2D eigenvalue weighted by molar-refractivity contribution is -0.137. The minimum Gasteiger partial charge on any atom is -0.319 e. The van der Waals surface area contributed by atoms with Gasteiger partial charge in [-0.1, -0.05) is 53.0 Å². The molecule has 168 valence electrons. The van der Waals surface area contributed by atoms with Gasteiger partial charge >= 0.3 is 6.18 Å². The summed E-state index contributed by atoms with van der Waals surface area (Å²) in [6, 6.07) is 9.16. The van der Waals surface area contributed by atoms with E-state index in [9.17, 15) is 26.4 Å². The normalized spacial score (nSPS) is 11.9. The third kappa shape index (κ3) is 5.56. The minimum atomic E-state index is -4.66. The van der Waals surface area contributed by atoms with Crippen LogP contribution in [-0.2, 0) is 21.8 Å². The summed E-state index contributed by atoms with van der Waals surface area (Å²) in [6.07, 6.45) is -3.73. The molecule has 0 aliphatic carbocycles. The largest absolute Gasteiger partial charge is 0.416 e. The molecule has 1 N–H and O–H groups in total. The Balaban J connectivity index is 1.91. The lowest BCUT2D eigenvalue weighted by Crippen LogP contribution is -2.18. The van der Waals surface area contributed by atoms with Crippen molar-refractivity contribution in [3.63, 3.8) is 0 Å². The number of hydrogen-bond acceptors (Lipinski definition) is 5. The molecule has 0 saturated carbocycles. The molecule has 0 bridgehead atoms. The van der Waals surface area contributed by atoms with E-state index in [0.29, 0.717) is 11.6 Å². The SMILES string of the molecule is Cc1cccc(CS(=O)(=O)c2ncc(Cl)c(C(=O)Nc3cc(C(F)(F)F)ccc3Cl)n2)c1. The quantitative estimate of drug-likeness (QED) is 0.474. The Kier molecular flexibility index (Phi) is 6.77. The van der Waals surface area contributed by atoms with E-state index in [1.54, 1.807) is 31.2 Å². The summed E-state index contributed by atoms with van der Waals surface area (Å²) in [5, 5.41) is 1.07. The molecule has 0 atom stereocenters. The number of carbonyl (C=O) groups is 1. The van der Waals surface area contributed by atoms with Crippen molar-refractivity contribution < 1.29 is 26.4 Å². The van der Waals surface area contributed by atoms with E-state index in [0.717, 1.165) is 23.9 Å². The molecule has 3 rings (SSSR count). The van der Waals surface area contributed by atoms with Gasteiger partial charge in [0, 0.05) is 0 Å². The molecule has 0 saturated heterocycles. The lowest BCUT2D eigenvalue weighted by Gasteiger charge is -2.12. The standard InChI is InChI=1S/C20H14Cl2F3N3O3S/c1-11-3-2-4-12(7-11)10-32(30,31)19-26-9-15(22)17(28-19)18(29)27-16-8-13(20(23,24)25)5-6-14(16)21/h2-9H,10H2,1H3,(H,27,29). The van der Waals surface area contributed by atoms with Crippen LogP contribution in [0, 0.1) is 6.92 Å². The fourth-order valence-corrected chi connectivity index (χ4v) is 4.26. The molecule has 0 spiro atoms. The molecule has 0 radical (unpaired) electrons. The molecule has 0 aliphatic rings. The van der Waals surface area contributed by atoms with Gasteiger partial charge in [0.15, 0.2) is 5.69 Å². The first-order chi connectivity index (χ1) is 14.9. The van der Waals surface area contributed by atoms with Crippen molar-refractivity contribution in [2.75, 3.05) is 5.32 Å². The summed E-state index contributed by atoms with van der Waals surface area (Å²) in [5.41, 5.74) is -0.561. The number of carbonyl (C=O) groups excluding carboxylic acids is 1. The van der Waals surface area contributed by atoms with E-state index in [2.05, 4.69) is 15.3 Å². The molecule has 12 heteroatoms. The number of rotatable bonds is 5. The summed E-state index contributed by atoms with van der Waals surface area (Å²) >= 11 is 11.8. The second kappa shape index (κ2) is 9.05. The number of alkyl halides is 3. The van der Waals surface area contributed by atoms with Gasteiger partial charge in [0.1, 0.15) is 0 Å². The molecule has 1 heterocycles. The minimum absolute atomic E-state index is 0.163. The van der Waals surface area contributed by atoms with Crippen LogP contribution in [0.5, 0.6) is 0 Å². The van der Waals surface area contributed by atoms with Gasteiger partial charge in [-0.05, 0) is 30.7 Å². The molecular weight excluding hydrogens is 490 g/mol. The zero-order chi connectivity index (χ0) is 23.7. The number of halogens is 5. The monoisotopic (exact) mass is 503 g/mol. The van der Waals surface area contributed by atoms with Gasteiger partial charge in [-0.3, -0.25) is 4.79 Å². The number of hydrogen-bond donors (Lipinski definition) is 1. The first-order valence-electron chi connectivity index (χ1n) is 8.86. The fourth-order valence-electron chi connectivity index (χ4n) is 2.72. The highest BCUT2D eigenvalue weighted by atomic mass is 35.5. The van der Waals surface area contributed by atoms with Gasteiger partial charge in [0.2, 0.25) is 15.0 Å². The highest BCUT2D eigenvalue weighted by Crippen LogP contribution is 2.34. The molecule has 6 nitrogen and oxygen atoms in total. The van der Waals surface area contributed by atoms with Gasteiger partial charge in [0.25, 0.3) is 5.91 Å². The van der Waals surface area contributed by atoms with Gasteiger partial charge < -0.3 is 5.32 Å². The van der Waals surface area contributed by atoms with Crippen molar-refractivity contribution >= 4 is 44.6 Å². The van der Waals surface area contributed by atoms with Crippen molar-refractivity contribution in [1.82, 2.24) is 9.97 Å². The summed E-state index contributed by atoms with van der Waals surface area (Å²) in [7, 11) is -4.05. The molecule has 2 aromatic carbocycles. The summed E-state index contributed by atoms with van der Waals surface area (Å²) in [6.45, 7) is 1.80. The van der Waals surface area contributed by atoms with Crippen molar-refractivity contribution in [3.8, 4) is 0 Å². The van der Waals surface area contributed by atoms with Crippen molar-refractivity contribution in [2.24, 2.45) is 0 Å². The average Bonchev–Trinajstić information content (AvgIpc) is 2.68. The Morgan fingerprint density at radius 3 is 2.47 bits per heavy atom. The van der Waals surface area contributed by atoms with Gasteiger partial charge in [-0.15, -0.1) is 0 Å². The predicted molar refractivity (Wildman–Crippen MR) is 114 cm³/mol.